The number of carbonyl (C=O) groups is 1. The number of amides is 1. The molecular formula is C21H19ClFNO3. The molecule has 0 aliphatic rings. The lowest BCUT2D eigenvalue weighted by Crippen LogP contribution is -2.09. The first-order valence-electron chi connectivity index (χ1n) is 8.48. The van der Waals surface area contributed by atoms with E-state index in [1.165, 1.54) is 24.3 Å². The van der Waals surface area contributed by atoms with Crippen molar-refractivity contribution in [1.82, 2.24) is 0 Å². The Labute approximate surface area is 161 Å². The maximum Gasteiger partial charge on any atom is 0.248 e. The zero-order valence-electron chi connectivity index (χ0n) is 15.2. The van der Waals surface area contributed by atoms with Gasteiger partial charge in [-0.2, -0.15) is 0 Å². The van der Waals surface area contributed by atoms with Crippen molar-refractivity contribution in [3.05, 3.63) is 64.6 Å². The van der Waals surface area contributed by atoms with Crippen molar-refractivity contribution in [3.63, 3.8) is 0 Å². The van der Waals surface area contributed by atoms with Crippen LogP contribution >= 0.6 is 11.6 Å². The summed E-state index contributed by atoms with van der Waals surface area (Å²) in [6.45, 7) is 6.17. The van der Waals surface area contributed by atoms with Crippen LogP contribution in [0, 0.1) is 12.7 Å². The van der Waals surface area contributed by atoms with Crippen molar-refractivity contribution in [3.8, 4) is 5.75 Å². The predicted molar refractivity (Wildman–Crippen MR) is 106 cm³/mol. The van der Waals surface area contributed by atoms with Crippen molar-refractivity contribution in [2.24, 2.45) is 0 Å². The number of anilines is 1. The summed E-state index contributed by atoms with van der Waals surface area (Å²) in [5.41, 5.74) is 3.69. The van der Waals surface area contributed by atoms with Crippen LogP contribution in [0.4, 0.5) is 10.1 Å². The number of hydrogen-bond donors (Lipinski definition) is 1. The van der Waals surface area contributed by atoms with Crippen LogP contribution in [-0.4, -0.2) is 12.5 Å². The summed E-state index contributed by atoms with van der Waals surface area (Å²) in [5, 5.41) is 3.60. The van der Waals surface area contributed by atoms with E-state index in [4.69, 9.17) is 20.8 Å². The van der Waals surface area contributed by atoms with Crippen LogP contribution in [0.1, 0.15) is 25.0 Å². The zero-order chi connectivity index (χ0) is 19.6. The number of allylic oxidation sites excluding steroid dienone is 1. The fourth-order valence-corrected chi connectivity index (χ4v) is 2.97. The molecule has 1 amide bonds. The first kappa shape index (κ1) is 19.0. The summed E-state index contributed by atoms with van der Waals surface area (Å²) in [5.74, 6) is -0.237. The molecular weight excluding hydrogens is 369 g/mol. The maximum atomic E-state index is 13.2. The summed E-state index contributed by atoms with van der Waals surface area (Å²) >= 11 is 5.75. The highest BCUT2D eigenvalue weighted by atomic mass is 35.5. The number of nitrogens with one attached hydrogen (secondary N) is 1. The second kappa shape index (κ2) is 7.84. The van der Waals surface area contributed by atoms with Gasteiger partial charge in [-0.05, 0) is 56.2 Å². The first-order valence-corrected chi connectivity index (χ1v) is 8.86. The van der Waals surface area contributed by atoms with Crippen LogP contribution in [0.5, 0.6) is 5.75 Å². The average molecular weight is 388 g/mol. The predicted octanol–water partition coefficient (Wildman–Crippen LogP) is 5.97. The Morgan fingerprint density at radius 2 is 2.11 bits per heavy atom. The number of fused-ring (bicyclic) bond motifs is 1. The molecule has 6 heteroatoms. The monoisotopic (exact) mass is 387 g/mol. The molecule has 4 nitrogen and oxygen atoms in total. The molecule has 0 saturated heterocycles. The first-order chi connectivity index (χ1) is 12.9. The normalized spacial score (nSPS) is 11.7. The van der Waals surface area contributed by atoms with Gasteiger partial charge in [0, 0.05) is 28.8 Å². The zero-order valence-corrected chi connectivity index (χ0v) is 16.0. The molecule has 1 N–H and O–H groups in total. The van der Waals surface area contributed by atoms with Crippen LogP contribution in [0.3, 0.4) is 0 Å². The fourth-order valence-electron chi connectivity index (χ4n) is 2.79. The van der Waals surface area contributed by atoms with Gasteiger partial charge in [0.25, 0.3) is 0 Å². The third-order valence-corrected chi connectivity index (χ3v) is 4.42. The van der Waals surface area contributed by atoms with Gasteiger partial charge >= 0.3 is 0 Å². The summed E-state index contributed by atoms with van der Waals surface area (Å²) in [7, 11) is 0. The second-order valence-electron chi connectivity index (χ2n) is 6.14. The summed E-state index contributed by atoms with van der Waals surface area (Å²) < 4.78 is 24.5. The van der Waals surface area contributed by atoms with Crippen LogP contribution in [-0.2, 0) is 4.79 Å². The van der Waals surface area contributed by atoms with Crippen molar-refractivity contribution in [2.45, 2.75) is 20.8 Å². The quantitative estimate of drug-likeness (QED) is 0.548. The second-order valence-corrected chi connectivity index (χ2v) is 6.55. The van der Waals surface area contributed by atoms with Gasteiger partial charge in [-0.3, -0.25) is 4.79 Å². The lowest BCUT2D eigenvalue weighted by atomic mass is 10.0. The number of ether oxygens (including phenoxy) is 1. The average Bonchev–Trinajstić information content (AvgIpc) is 2.98. The molecule has 0 saturated carbocycles. The number of rotatable bonds is 5. The van der Waals surface area contributed by atoms with E-state index in [-0.39, 0.29) is 10.9 Å². The Hall–Kier alpha value is -2.79. The molecule has 0 unspecified atom stereocenters. The van der Waals surface area contributed by atoms with E-state index < -0.39 is 5.82 Å². The lowest BCUT2D eigenvalue weighted by molar-refractivity contribution is -0.111. The molecule has 0 radical (unpaired) electrons. The van der Waals surface area contributed by atoms with Gasteiger partial charge < -0.3 is 14.5 Å². The molecule has 0 spiro atoms. The topological polar surface area (TPSA) is 51.5 Å². The Kier molecular flexibility index (Phi) is 5.51. The molecule has 1 aromatic heterocycles. The lowest BCUT2D eigenvalue weighted by Gasteiger charge is -2.11. The number of hydrogen-bond acceptors (Lipinski definition) is 3. The van der Waals surface area contributed by atoms with Gasteiger partial charge in [0.05, 0.1) is 17.9 Å². The molecule has 1 heterocycles. The Balaban J connectivity index is 1.91. The Bertz CT molecular complexity index is 1040. The largest absolute Gasteiger partial charge is 0.493 e. The number of benzene rings is 2. The minimum absolute atomic E-state index is 0.0481. The smallest absolute Gasteiger partial charge is 0.248 e. The minimum atomic E-state index is -0.536. The van der Waals surface area contributed by atoms with Crippen LogP contribution < -0.4 is 10.1 Å². The van der Waals surface area contributed by atoms with E-state index in [0.29, 0.717) is 18.0 Å². The van der Waals surface area contributed by atoms with Crippen LogP contribution in [0.25, 0.3) is 16.5 Å². The number of carbonyl (C=O) groups excluding carboxylic acids is 1. The van der Waals surface area contributed by atoms with E-state index in [2.05, 4.69) is 5.32 Å². The molecule has 0 aliphatic carbocycles. The molecule has 0 atom stereocenters. The van der Waals surface area contributed by atoms with E-state index in [0.717, 1.165) is 27.7 Å². The van der Waals surface area contributed by atoms with Gasteiger partial charge in [-0.15, -0.1) is 0 Å². The molecule has 140 valence electrons. The van der Waals surface area contributed by atoms with E-state index >= 15 is 0 Å². The third kappa shape index (κ3) is 4.14. The van der Waals surface area contributed by atoms with Gasteiger partial charge in [0.15, 0.2) is 0 Å². The SMILES string of the molecule is CCOc1cc2occ(C)c2cc1/C(C)=C/C(=O)Nc1ccc(F)c(Cl)c1. The van der Waals surface area contributed by atoms with Crippen molar-refractivity contribution < 1.29 is 18.3 Å². The van der Waals surface area contributed by atoms with Gasteiger partial charge in [0.1, 0.15) is 17.1 Å². The van der Waals surface area contributed by atoms with Crippen molar-refractivity contribution >= 4 is 39.7 Å². The van der Waals surface area contributed by atoms with Crippen LogP contribution in [0.2, 0.25) is 5.02 Å². The van der Waals surface area contributed by atoms with Crippen molar-refractivity contribution in [2.75, 3.05) is 11.9 Å². The summed E-state index contributed by atoms with van der Waals surface area (Å²) in [4.78, 5) is 12.4. The maximum absolute atomic E-state index is 13.2. The van der Waals surface area contributed by atoms with Crippen LogP contribution in [0.15, 0.2) is 47.1 Å². The Morgan fingerprint density at radius 3 is 2.81 bits per heavy atom. The highest BCUT2D eigenvalue weighted by Crippen LogP contribution is 2.33. The number of aryl methyl sites for hydroxylation is 1. The molecule has 0 fully saturated rings. The fraction of sp³-hybridized carbons (Fsp3) is 0.190. The number of halogens is 2. The molecule has 0 bridgehead atoms. The van der Waals surface area contributed by atoms with Crippen molar-refractivity contribution in [1.29, 1.82) is 0 Å². The molecule has 0 aliphatic heterocycles. The molecule has 3 aromatic rings. The summed E-state index contributed by atoms with van der Waals surface area (Å²) in [6.07, 6.45) is 3.16. The molecule has 2 aromatic carbocycles. The Morgan fingerprint density at radius 1 is 1.33 bits per heavy atom. The van der Waals surface area contributed by atoms with Gasteiger partial charge in [-0.1, -0.05) is 11.6 Å². The highest BCUT2D eigenvalue weighted by Gasteiger charge is 2.13. The van der Waals surface area contributed by atoms with E-state index in [1.54, 1.807) is 6.26 Å². The van der Waals surface area contributed by atoms with Gasteiger partial charge in [0.2, 0.25) is 5.91 Å². The summed E-state index contributed by atoms with van der Waals surface area (Å²) in [6, 6.07) is 7.81. The molecule has 3 rings (SSSR count). The van der Waals surface area contributed by atoms with E-state index in [1.807, 2.05) is 32.9 Å². The minimum Gasteiger partial charge on any atom is -0.493 e. The number of furan rings is 1. The van der Waals surface area contributed by atoms with E-state index in [9.17, 15) is 9.18 Å². The standard InChI is InChI=1S/C21H19ClFNO3/c1-4-26-19-10-20-16(13(3)11-27-20)9-15(19)12(2)7-21(25)24-14-5-6-18(23)17(22)8-14/h5-11H,4H2,1-3H3,(H,24,25)/b12-7+. The molecule has 27 heavy (non-hydrogen) atoms. The highest BCUT2D eigenvalue weighted by molar-refractivity contribution is 6.31. The van der Waals surface area contributed by atoms with Gasteiger partial charge in [-0.25, -0.2) is 4.39 Å². The third-order valence-electron chi connectivity index (χ3n) is 4.13.